The molecule has 0 radical (unpaired) electrons. The highest BCUT2D eigenvalue weighted by molar-refractivity contribution is 8.44. The standard InChI is InChI=1S/C48H44N2O4S14/c1-55-37-27-61-45(63-37)47-65-41(57-3)43(67-47)59-25-23-51-19-21-53-33-13-7-29(8-14-33)35-17-11-31-5-6-32-12-18-36(50-40(32)39(31)49-35)30-9-15-34(16-10-30)54-22-20-52-24-26-60-44-42(58-4)66-48(68-44)46-62-28-38(56-2)64-46/h5-18,27-28H,19-26H2,1-4H3/b47-45-,48-46-. The van der Waals surface area contributed by atoms with Crippen molar-refractivity contribution in [2.75, 3.05) is 76.2 Å². The fourth-order valence-electron chi connectivity index (χ4n) is 6.54. The van der Waals surface area contributed by atoms with Gasteiger partial charge in [-0.05, 0) is 96.5 Å². The van der Waals surface area contributed by atoms with Crippen LogP contribution in [0.15, 0.2) is 138 Å². The van der Waals surface area contributed by atoms with Gasteiger partial charge in [0.2, 0.25) is 0 Å². The number of nitrogens with zero attached hydrogens (tertiary/aromatic N) is 2. The first kappa shape index (κ1) is 52.2. The third kappa shape index (κ3) is 13.7. The Morgan fingerprint density at radius 1 is 0.412 bits per heavy atom. The average Bonchev–Trinajstić information content (AvgIpc) is 4.23. The van der Waals surface area contributed by atoms with Gasteiger partial charge in [0.25, 0.3) is 0 Å². The average molecular weight is 1160 g/mol. The van der Waals surface area contributed by atoms with E-state index in [0.29, 0.717) is 39.6 Å². The van der Waals surface area contributed by atoms with E-state index in [9.17, 15) is 0 Å². The van der Waals surface area contributed by atoms with Gasteiger partial charge in [-0.15, -0.1) is 70.6 Å². The number of pyridine rings is 2. The zero-order chi connectivity index (χ0) is 46.7. The van der Waals surface area contributed by atoms with Crippen molar-refractivity contribution in [1.82, 2.24) is 9.97 Å². The summed E-state index contributed by atoms with van der Waals surface area (Å²) < 4.78 is 37.9. The lowest BCUT2D eigenvalue weighted by Crippen LogP contribution is -2.08. The first-order chi connectivity index (χ1) is 33.5. The van der Waals surface area contributed by atoms with Crippen LogP contribution >= 0.6 is 165 Å². The van der Waals surface area contributed by atoms with Crippen molar-refractivity contribution in [1.29, 1.82) is 0 Å². The second kappa shape index (κ2) is 26.5. The van der Waals surface area contributed by atoms with Crippen LogP contribution in [0.1, 0.15) is 0 Å². The van der Waals surface area contributed by atoms with Crippen LogP contribution in [-0.2, 0) is 9.47 Å². The lowest BCUT2D eigenvalue weighted by atomic mass is 10.1. The van der Waals surface area contributed by atoms with E-state index in [0.717, 1.165) is 67.3 Å². The predicted octanol–water partition coefficient (Wildman–Crippen LogP) is 17.9. The molecule has 4 aliphatic heterocycles. The first-order valence-electron chi connectivity index (χ1n) is 21.0. The van der Waals surface area contributed by atoms with Gasteiger partial charge in [-0.3, -0.25) is 0 Å². The predicted molar refractivity (Wildman–Crippen MR) is 325 cm³/mol. The van der Waals surface area contributed by atoms with Crippen molar-refractivity contribution in [3.05, 3.63) is 138 Å². The van der Waals surface area contributed by atoms with Crippen LogP contribution in [0.2, 0.25) is 0 Å². The Hall–Kier alpha value is -0.660. The van der Waals surface area contributed by atoms with Crippen LogP contribution in [0, 0.1) is 0 Å². The molecule has 0 spiro atoms. The molecule has 0 atom stereocenters. The third-order valence-corrected chi connectivity index (χ3v) is 28.7. The Kier molecular flexibility index (Phi) is 20.4. The molecule has 0 saturated carbocycles. The molecule has 20 heteroatoms. The van der Waals surface area contributed by atoms with E-state index in [4.69, 9.17) is 28.9 Å². The number of fused-ring (bicyclic) bond motifs is 3. The molecule has 4 aliphatic rings. The summed E-state index contributed by atoms with van der Waals surface area (Å²) in [5, 5.41) is 6.62. The highest BCUT2D eigenvalue weighted by Gasteiger charge is 2.28. The van der Waals surface area contributed by atoms with Crippen LogP contribution in [0.3, 0.4) is 0 Å². The molecule has 5 aromatic rings. The van der Waals surface area contributed by atoms with Crippen molar-refractivity contribution in [2.24, 2.45) is 0 Å². The molecule has 9 rings (SSSR count). The normalized spacial score (nSPS) is 18.5. The zero-order valence-electron chi connectivity index (χ0n) is 37.1. The highest BCUT2D eigenvalue weighted by atomic mass is 32.3. The molecule has 0 unspecified atom stereocenters. The lowest BCUT2D eigenvalue weighted by molar-refractivity contribution is 0.112. The summed E-state index contributed by atoms with van der Waals surface area (Å²) in [6.07, 6.45) is 8.61. The Labute approximate surface area is 458 Å². The summed E-state index contributed by atoms with van der Waals surface area (Å²) in [5.74, 6) is 3.45. The number of hydrogen-bond donors (Lipinski definition) is 0. The Morgan fingerprint density at radius 2 is 0.824 bits per heavy atom. The third-order valence-electron chi connectivity index (χ3n) is 9.83. The van der Waals surface area contributed by atoms with Crippen molar-refractivity contribution in [3.63, 3.8) is 0 Å². The van der Waals surface area contributed by atoms with Crippen LogP contribution in [0.4, 0.5) is 0 Å². The van der Waals surface area contributed by atoms with Gasteiger partial charge in [0.15, 0.2) is 0 Å². The topological polar surface area (TPSA) is 62.7 Å². The van der Waals surface area contributed by atoms with E-state index in [1.54, 1.807) is 0 Å². The van der Waals surface area contributed by atoms with Gasteiger partial charge in [-0.1, -0.05) is 118 Å². The molecule has 0 bridgehead atoms. The van der Waals surface area contributed by atoms with Crippen LogP contribution in [0.5, 0.6) is 11.5 Å². The molecule has 0 aliphatic carbocycles. The fourth-order valence-corrected chi connectivity index (χ4v) is 24.2. The molecule has 6 heterocycles. The lowest BCUT2D eigenvalue weighted by Gasteiger charge is -2.10. The minimum absolute atomic E-state index is 0.495. The van der Waals surface area contributed by atoms with E-state index >= 15 is 0 Å². The fraction of sp³-hybridized carbons (Fsp3) is 0.250. The zero-order valence-corrected chi connectivity index (χ0v) is 48.6. The molecule has 0 saturated heterocycles. The largest absolute Gasteiger partial charge is 0.491 e. The molecule has 0 fully saturated rings. The number of hydrogen-bond acceptors (Lipinski definition) is 20. The number of thioether (sulfide) groups is 14. The number of rotatable bonds is 22. The summed E-state index contributed by atoms with van der Waals surface area (Å²) in [4.78, 5) is 10.3. The van der Waals surface area contributed by atoms with Crippen molar-refractivity contribution in [2.45, 2.75) is 0 Å². The van der Waals surface area contributed by atoms with E-state index in [1.807, 2.05) is 189 Å². The summed E-state index contributed by atoms with van der Waals surface area (Å²) in [6.45, 7) is 3.44. The molecule has 68 heavy (non-hydrogen) atoms. The molecular weight excluding hydrogens is 1120 g/mol. The molecule has 354 valence electrons. The maximum atomic E-state index is 6.05. The van der Waals surface area contributed by atoms with Gasteiger partial charge in [0.05, 0.1) is 91.2 Å². The molecule has 0 amide bonds. The molecular formula is C48H44N2O4S14. The molecule has 6 nitrogen and oxygen atoms in total. The van der Waals surface area contributed by atoms with Gasteiger partial charge in [0, 0.05) is 33.4 Å². The number of benzene rings is 3. The van der Waals surface area contributed by atoms with Crippen molar-refractivity contribution >= 4 is 186 Å². The Morgan fingerprint density at radius 3 is 1.22 bits per heavy atom. The maximum Gasteiger partial charge on any atom is 0.119 e. The SMILES string of the molecule is CSC1=CS/C(=C2\SC(SC)=C(SCCOCCOc3ccc(-c4ccc5ccc6ccc(-c7ccc(OCCOCCSC8=C(SC)S/C(=C9\SC=C(SC)S9)S8)cc7)nc6c5n4)cc3)S2)S1. The van der Waals surface area contributed by atoms with E-state index in [-0.39, 0.29) is 0 Å². The number of ether oxygens (including phenoxy) is 4. The van der Waals surface area contributed by atoms with Gasteiger partial charge in [-0.25, -0.2) is 9.97 Å². The highest BCUT2D eigenvalue weighted by Crippen LogP contribution is 2.64. The monoisotopic (exact) mass is 1160 g/mol. The van der Waals surface area contributed by atoms with E-state index in [1.165, 1.54) is 42.4 Å². The quantitative estimate of drug-likeness (QED) is 0.0487. The van der Waals surface area contributed by atoms with E-state index < -0.39 is 0 Å². The Balaban J connectivity index is 0.713. The van der Waals surface area contributed by atoms with E-state index in [2.05, 4.69) is 96.5 Å². The summed E-state index contributed by atoms with van der Waals surface area (Å²) >= 11 is 26.2. The minimum atomic E-state index is 0.495. The van der Waals surface area contributed by atoms with Gasteiger partial charge in [-0.2, -0.15) is 0 Å². The summed E-state index contributed by atoms with van der Waals surface area (Å²) in [6, 6.07) is 28.9. The van der Waals surface area contributed by atoms with Crippen LogP contribution in [0.25, 0.3) is 44.3 Å². The van der Waals surface area contributed by atoms with Crippen LogP contribution in [-0.4, -0.2) is 86.1 Å². The van der Waals surface area contributed by atoms with Crippen molar-refractivity contribution in [3.8, 4) is 34.0 Å². The van der Waals surface area contributed by atoms with Gasteiger partial charge >= 0.3 is 0 Å². The molecule has 0 N–H and O–H groups in total. The second-order valence-corrected chi connectivity index (χ2v) is 30.2. The smallest absolute Gasteiger partial charge is 0.119 e. The second-order valence-electron chi connectivity index (χ2n) is 14.1. The maximum absolute atomic E-state index is 6.05. The summed E-state index contributed by atoms with van der Waals surface area (Å²) in [5.41, 5.74) is 5.57. The first-order valence-corrected chi connectivity index (χ1v) is 34.5. The van der Waals surface area contributed by atoms with Gasteiger partial charge in [0.1, 0.15) is 24.7 Å². The van der Waals surface area contributed by atoms with Crippen LogP contribution < -0.4 is 9.47 Å². The molecule has 3 aromatic carbocycles. The van der Waals surface area contributed by atoms with Crippen molar-refractivity contribution < 1.29 is 18.9 Å². The minimum Gasteiger partial charge on any atom is -0.491 e. The number of aromatic nitrogens is 2. The Bertz CT molecular complexity index is 2620. The molecule has 2 aromatic heterocycles. The van der Waals surface area contributed by atoms with Gasteiger partial charge < -0.3 is 18.9 Å². The summed E-state index contributed by atoms with van der Waals surface area (Å²) in [7, 11) is 0.